The van der Waals surface area contributed by atoms with Crippen LogP contribution in [0.5, 0.6) is 0 Å². The van der Waals surface area contributed by atoms with E-state index in [1.165, 1.54) is 11.1 Å². The molecule has 0 saturated carbocycles. The maximum atomic E-state index is 8.63. The molecule has 0 spiro atoms. The summed E-state index contributed by atoms with van der Waals surface area (Å²) >= 11 is 0. The molecule has 1 aromatic carbocycles. The van der Waals surface area contributed by atoms with Crippen molar-refractivity contribution in [3.05, 3.63) is 54.4 Å². The zero-order valence-electron chi connectivity index (χ0n) is 8.93. The van der Waals surface area contributed by atoms with E-state index in [1.54, 1.807) is 12.4 Å². The lowest BCUT2D eigenvalue weighted by Gasteiger charge is -2.07. The molecule has 2 rings (SSSR count). The van der Waals surface area contributed by atoms with Crippen molar-refractivity contribution in [2.45, 2.75) is 12.8 Å². The molecule has 2 nitrogen and oxygen atoms in total. The first-order chi connectivity index (χ1) is 7.92. The van der Waals surface area contributed by atoms with Gasteiger partial charge in [-0.3, -0.25) is 4.98 Å². The van der Waals surface area contributed by atoms with Crippen LogP contribution in [0.2, 0.25) is 0 Å². The second-order valence-electron chi connectivity index (χ2n) is 3.55. The number of hydrogen-bond acceptors (Lipinski definition) is 2. The number of pyridine rings is 1. The number of hydrogen-bond donors (Lipinski definition) is 0. The smallest absolute Gasteiger partial charge is 0.0625 e. The van der Waals surface area contributed by atoms with Crippen LogP contribution in [0.3, 0.4) is 0 Å². The van der Waals surface area contributed by atoms with Crippen LogP contribution in [0, 0.1) is 11.3 Å². The van der Waals surface area contributed by atoms with Crippen LogP contribution >= 0.6 is 0 Å². The van der Waals surface area contributed by atoms with E-state index in [0.29, 0.717) is 6.42 Å². The molecular formula is C14H12N2. The van der Waals surface area contributed by atoms with Gasteiger partial charge in [-0.1, -0.05) is 24.3 Å². The molecule has 0 bridgehead atoms. The highest BCUT2D eigenvalue weighted by Gasteiger charge is 2.03. The average Bonchev–Trinajstić information content (AvgIpc) is 2.38. The quantitative estimate of drug-likeness (QED) is 0.776. The summed E-state index contributed by atoms with van der Waals surface area (Å²) in [5.74, 6) is 0. The van der Waals surface area contributed by atoms with Crippen LogP contribution in [0.1, 0.15) is 12.0 Å². The molecule has 0 aliphatic carbocycles. The Morgan fingerprint density at radius 1 is 1.06 bits per heavy atom. The third-order valence-corrected chi connectivity index (χ3v) is 2.51. The molecule has 16 heavy (non-hydrogen) atoms. The van der Waals surface area contributed by atoms with E-state index in [2.05, 4.69) is 23.2 Å². The number of rotatable bonds is 3. The first-order valence-corrected chi connectivity index (χ1v) is 5.27. The van der Waals surface area contributed by atoms with Gasteiger partial charge in [0.1, 0.15) is 0 Å². The normalized spacial score (nSPS) is 9.69. The zero-order valence-corrected chi connectivity index (χ0v) is 8.93. The van der Waals surface area contributed by atoms with Crippen LogP contribution in [-0.4, -0.2) is 4.98 Å². The van der Waals surface area contributed by atoms with Crippen molar-refractivity contribution in [2.75, 3.05) is 0 Å². The summed E-state index contributed by atoms with van der Waals surface area (Å²) in [5.41, 5.74) is 3.57. The average molecular weight is 208 g/mol. The maximum Gasteiger partial charge on any atom is 0.0625 e. The molecule has 78 valence electrons. The number of nitrogens with zero attached hydrogens (tertiary/aromatic N) is 2. The van der Waals surface area contributed by atoms with Crippen LogP contribution < -0.4 is 0 Å². The molecule has 0 unspecified atom stereocenters. The monoisotopic (exact) mass is 208 g/mol. The van der Waals surface area contributed by atoms with Crippen LogP contribution in [-0.2, 0) is 6.42 Å². The maximum absolute atomic E-state index is 8.63. The Morgan fingerprint density at radius 3 is 2.56 bits per heavy atom. The van der Waals surface area contributed by atoms with E-state index in [1.807, 2.05) is 24.3 Å². The van der Waals surface area contributed by atoms with Gasteiger partial charge >= 0.3 is 0 Å². The fourth-order valence-corrected chi connectivity index (χ4v) is 1.74. The lowest BCUT2D eigenvalue weighted by atomic mass is 9.98. The molecule has 2 heteroatoms. The minimum Gasteiger partial charge on any atom is -0.265 e. The van der Waals surface area contributed by atoms with Gasteiger partial charge in [0, 0.05) is 18.8 Å². The van der Waals surface area contributed by atoms with Crippen molar-refractivity contribution in [3.8, 4) is 17.2 Å². The third kappa shape index (κ3) is 2.26. The molecule has 0 fully saturated rings. The number of nitriles is 1. The van der Waals surface area contributed by atoms with Gasteiger partial charge < -0.3 is 0 Å². The summed E-state index contributed by atoms with van der Waals surface area (Å²) in [6.45, 7) is 0. The summed E-state index contributed by atoms with van der Waals surface area (Å²) < 4.78 is 0. The topological polar surface area (TPSA) is 36.7 Å². The predicted molar refractivity (Wildman–Crippen MR) is 63.6 cm³/mol. The minimum absolute atomic E-state index is 0.558. The summed E-state index contributed by atoms with van der Waals surface area (Å²) in [4.78, 5) is 4.01. The number of aromatic nitrogens is 1. The zero-order chi connectivity index (χ0) is 11.2. The fourth-order valence-electron chi connectivity index (χ4n) is 1.74. The van der Waals surface area contributed by atoms with Crippen molar-refractivity contribution in [2.24, 2.45) is 0 Å². The van der Waals surface area contributed by atoms with E-state index in [9.17, 15) is 0 Å². The van der Waals surface area contributed by atoms with Gasteiger partial charge in [0.2, 0.25) is 0 Å². The lowest BCUT2D eigenvalue weighted by Crippen LogP contribution is -1.89. The van der Waals surface area contributed by atoms with Gasteiger partial charge in [0.05, 0.1) is 6.07 Å². The van der Waals surface area contributed by atoms with Crippen molar-refractivity contribution in [1.82, 2.24) is 4.98 Å². The predicted octanol–water partition coefficient (Wildman–Crippen LogP) is 3.20. The first-order valence-electron chi connectivity index (χ1n) is 5.27. The van der Waals surface area contributed by atoms with Crippen molar-refractivity contribution in [1.29, 1.82) is 5.26 Å². The van der Waals surface area contributed by atoms with Crippen molar-refractivity contribution < 1.29 is 0 Å². The Balaban J connectivity index is 2.38. The Kier molecular flexibility index (Phi) is 3.30. The standard InChI is InChI=1S/C14H12N2/c15-9-3-5-12-4-1-2-6-14(12)13-7-10-16-11-8-13/h1-2,4,6-8,10-11H,3,5H2. The molecule has 0 radical (unpaired) electrons. The van der Waals surface area contributed by atoms with Crippen LogP contribution in [0.25, 0.3) is 11.1 Å². The van der Waals surface area contributed by atoms with Gasteiger partial charge in [-0.05, 0) is 35.2 Å². The minimum atomic E-state index is 0.558. The van der Waals surface area contributed by atoms with E-state index in [0.717, 1.165) is 12.0 Å². The lowest BCUT2D eigenvalue weighted by molar-refractivity contribution is 1.01. The van der Waals surface area contributed by atoms with Gasteiger partial charge in [-0.15, -0.1) is 0 Å². The van der Waals surface area contributed by atoms with Crippen molar-refractivity contribution in [3.63, 3.8) is 0 Å². The molecule has 0 aliphatic heterocycles. The highest BCUT2D eigenvalue weighted by Crippen LogP contribution is 2.23. The van der Waals surface area contributed by atoms with E-state index >= 15 is 0 Å². The molecule has 1 aromatic heterocycles. The fraction of sp³-hybridized carbons (Fsp3) is 0.143. The Labute approximate surface area is 95.2 Å². The molecule has 1 heterocycles. The summed E-state index contributed by atoms with van der Waals surface area (Å²) in [6, 6.07) is 14.4. The number of benzene rings is 1. The Morgan fingerprint density at radius 2 is 1.81 bits per heavy atom. The summed E-state index contributed by atoms with van der Waals surface area (Å²) in [5, 5.41) is 8.63. The van der Waals surface area contributed by atoms with Gasteiger partial charge in [0.25, 0.3) is 0 Å². The first kappa shape index (κ1) is 10.4. The molecule has 0 atom stereocenters. The molecule has 0 saturated heterocycles. The Hall–Kier alpha value is -2.14. The number of aryl methyl sites for hydroxylation is 1. The van der Waals surface area contributed by atoms with Gasteiger partial charge in [-0.2, -0.15) is 5.26 Å². The van der Waals surface area contributed by atoms with E-state index in [-0.39, 0.29) is 0 Å². The SMILES string of the molecule is N#CCCc1ccccc1-c1ccncc1. The van der Waals surface area contributed by atoms with Crippen LogP contribution in [0.15, 0.2) is 48.8 Å². The summed E-state index contributed by atoms with van der Waals surface area (Å²) in [6.07, 6.45) is 4.93. The highest BCUT2D eigenvalue weighted by atomic mass is 14.6. The van der Waals surface area contributed by atoms with E-state index in [4.69, 9.17) is 5.26 Å². The third-order valence-electron chi connectivity index (χ3n) is 2.51. The molecule has 0 amide bonds. The molecular weight excluding hydrogens is 196 g/mol. The molecule has 0 aliphatic rings. The molecule has 0 N–H and O–H groups in total. The second-order valence-corrected chi connectivity index (χ2v) is 3.55. The molecule has 2 aromatic rings. The van der Waals surface area contributed by atoms with Crippen molar-refractivity contribution >= 4 is 0 Å². The second kappa shape index (κ2) is 5.09. The largest absolute Gasteiger partial charge is 0.265 e. The van der Waals surface area contributed by atoms with E-state index < -0.39 is 0 Å². The summed E-state index contributed by atoms with van der Waals surface area (Å²) in [7, 11) is 0. The van der Waals surface area contributed by atoms with Gasteiger partial charge in [0.15, 0.2) is 0 Å². The highest BCUT2D eigenvalue weighted by molar-refractivity contribution is 5.66. The van der Waals surface area contributed by atoms with Gasteiger partial charge in [-0.25, -0.2) is 0 Å². The van der Waals surface area contributed by atoms with Crippen LogP contribution in [0.4, 0.5) is 0 Å². The Bertz CT molecular complexity index is 498.